The van der Waals surface area contributed by atoms with E-state index in [2.05, 4.69) is 5.32 Å². The van der Waals surface area contributed by atoms with Crippen LogP contribution in [-0.4, -0.2) is 76.8 Å². The van der Waals surface area contributed by atoms with Crippen molar-refractivity contribution in [3.05, 3.63) is 64.2 Å². The number of nitrogens with zero attached hydrogens (tertiary/aromatic N) is 3. The number of ether oxygens (including phenoxy) is 2. The van der Waals surface area contributed by atoms with Crippen molar-refractivity contribution in [2.75, 3.05) is 36.5 Å². The van der Waals surface area contributed by atoms with Crippen LogP contribution in [0.4, 0.5) is 21.9 Å². The summed E-state index contributed by atoms with van der Waals surface area (Å²) in [5, 5.41) is 23.8. The molecule has 0 bridgehead atoms. The lowest BCUT2D eigenvalue weighted by Gasteiger charge is -2.45. The van der Waals surface area contributed by atoms with Crippen LogP contribution in [0.3, 0.4) is 0 Å². The lowest BCUT2D eigenvalue weighted by Crippen LogP contribution is -2.62. The van der Waals surface area contributed by atoms with Gasteiger partial charge in [-0.3, -0.25) is 24.6 Å². The molecule has 2 aliphatic heterocycles. The molecule has 2 atom stereocenters. The second-order valence-corrected chi connectivity index (χ2v) is 10.6. The number of likely N-dealkylation sites (tertiary alicyclic amines) is 1. The van der Waals surface area contributed by atoms with Crippen LogP contribution >= 0.6 is 0 Å². The smallest absolute Gasteiger partial charge is 0.408 e. The lowest BCUT2D eigenvalue weighted by molar-refractivity contribution is -0.384. The first kappa shape index (κ1) is 28.5. The highest BCUT2D eigenvalue weighted by Gasteiger charge is 2.61. The highest BCUT2D eigenvalue weighted by atomic mass is 16.6. The number of non-ortho nitro benzene ring substituents is 1. The zero-order valence-electron chi connectivity index (χ0n) is 22.3. The Hall–Kier alpha value is -4.52. The van der Waals surface area contributed by atoms with Gasteiger partial charge in [0.1, 0.15) is 18.2 Å². The van der Waals surface area contributed by atoms with Gasteiger partial charge in [0.15, 0.2) is 0 Å². The minimum absolute atomic E-state index is 0.00640. The summed E-state index contributed by atoms with van der Waals surface area (Å²) in [5.74, 6) is -1.55. The molecule has 0 radical (unpaired) electrons. The van der Waals surface area contributed by atoms with Gasteiger partial charge in [-0.05, 0) is 41.8 Å². The number of esters is 1. The SMILES string of the molecule is CC(C)(C)[C@@]1(C(=O)Nc2ccc(N3CCOCC3=O)cc2)C[C@H](OC(=O)c2ccc([N+](=O)[O-])cc2)CN1C(=O)O. The Kier molecular flexibility index (Phi) is 7.78. The van der Waals surface area contributed by atoms with E-state index in [9.17, 15) is 34.4 Å². The van der Waals surface area contributed by atoms with Gasteiger partial charge in [-0.25, -0.2) is 9.59 Å². The molecule has 0 aliphatic carbocycles. The summed E-state index contributed by atoms with van der Waals surface area (Å²) in [6, 6.07) is 11.5. The van der Waals surface area contributed by atoms with Gasteiger partial charge < -0.3 is 24.8 Å². The highest BCUT2D eigenvalue weighted by molar-refractivity contribution is 6.01. The number of carboxylic acid groups (broad SMARTS) is 1. The fourth-order valence-corrected chi connectivity index (χ4v) is 5.14. The molecule has 4 rings (SSSR count). The molecule has 13 heteroatoms. The molecule has 3 amide bonds. The summed E-state index contributed by atoms with van der Waals surface area (Å²) in [6.07, 6.45) is -2.40. The van der Waals surface area contributed by atoms with Gasteiger partial charge in [0.25, 0.3) is 17.5 Å². The topological polar surface area (TPSA) is 169 Å². The number of nitrogens with one attached hydrogen (secondary N) is 1. The van der Waals surface area contributed by atoms with Gasteiger partial charge >= 0.3 is 12.1 Å². The van der Waals surface area contributed by atoms with Gasteiger partial charge in [-0.1, -0.05) is 20.8 Å². The van der Waals surface area contributed by atoms with E-state index in [1.165, 1.54) is 24.3 Å². The predicted octanol–water partition coefficient (Wildman–Crippen LogP) is 3.29. The number of nitro groups is 1. The van der Waals surface area contributed by atoms with E-state index in [0.717, 1.165) is 4.90 Å². The van der Waals surface area contributed by atoms with Crippen molar-refractivity contribution in [2.24, 2.45) is 5.41 Å². The van der Waals surface area contributed by atoms with Gasteiger partial charge in [0.05, 0.1) is 23.6 Å². The van der Waals surface area contributed by atoms with E-state index in [4.69, 9.17) is 9.47 Å². The number of carbonyl (C=O) groups is 4. The third-order valence-corrected chi connectivity index (χ3v) is 7.23. The Labute approximate surface area is 229 Å². The largest absolute Gasteiger partial charge is 0.465 e. The Morgan fingerprint density at radius 2 is 1.77 bits per heavy atom. The molecule has 0 spiro atoms. The van der Waals surface area contributed by atoms with Crippen molar-refractivity contribution < 1.29 is 38.7 Å². The summed E-state index contributed by atoms with van der Waals surface area (Å²) >= 11 is 0. The number of nitro benzene ring substituents is 1. The van der Waals surface area contributed by atoms with E-state index in [1.54, 1.807) is 49.9 Å². The van der Waals surface area contributed by atoms with E-state index in [1.807, 2.05) is 0 Å². The maximum absolute atomic E-state index is 13.8. The maximum Gasteiger partial charge on any atom is 0.408 e. The van der Waals surface area contributed by atoms with Crippen molar-refractivity contribution >= 4 is 40.9 Å². The number of rotatable bonds is 6. The fraction of sp³-hybridized carbons (Fsp3) is 0.407. The molecule has 2 aromatic rings. The Morgan fingerprint density at radius 1 is 1.12 bits per heavy atom. The first-order valence-electron chi connectivity index (χ1n) is 12.6. The van der Waals surface area contributed by atoms with Crippen molar-refractivity contribution in [1.29, 1.82) is 0 Å². The summed E-state index contributed by atoms with van der Waals surface area (Å²) < 4.78 is 10.7. The monoisotopic (exact) mass is 554 g/mol. The van der Waals surface area contributed by atoms with Crippen LogP contribution < -0.4 is 10.2 Å². The maximum atomic E-state index is 13.8. The zero-order valence-corrected chi connectivity index (χ0v) is 22.3. The Bertz CT molecular complexity index is 1320. The number of carbonyl (C=O) groups excluding carboxylic acids is 3. The molecule has 2 fully saturated rings. The molecular formula is C27H30N4O9. The van der Waals surface area contributed by atoms with Crippen LogP contribution in [0.15, 0.2) is 48.5 Å². The number of morpholine rings is 1. The standard InChI is InChI=1S/C27H30N4O9/c1-26(2,3)27(24(34)28-18-6-10-19(11-7-18)29-12-13-39-16-22(29)32)14-21(15-30(27)25(35)36)40-23(33)17-4-8-20(9-5-17)31(37)38/h4-11,21H,12-16H2,1-3H3,(H,28,34)(H,35,36)/t21-,27-/m0/s1. The van der Waals surface area contributed by atoms with Crippen LogP contribution in [0.25, 0.3) is 0 Å². The van der Waals surface area contributed by atoms with E-state index < -0.39 is 40.0 Å². The molecule has 13 nitrogen and oxygen atoms in total. The third kappa shape index (κ3) is 5.45. The summed E-state index contributed by atoms with van der Waals surface area (Å²) in [5.41, 5.74) is -1.60. The van der Waals surface area contributed by atoms with Crippen molar-refractivity contribution in [3.8, 4) is 0 Å². The molecule has 2 aliphatic rings. The Balaban J connectivity index is 1.55. The average Bonchev–Trinajstić information content (AvgIpc) is 3.31. The van der Waals surface area contributed by atoms with E-state index in [-0.39, 0.29) is 36.7 Å². The lowest BCUT2D eigenvalue weighted by atomic mass is 9.70. The average molecular weight is 555 g/mol. The Morgan fingerprint density at radius 3 is 2.33 bits per heavy atom. The third-order valence-electron chi connectivity index (χ3n) is 7.23. The van der Waals surface area contributed by atoms with Crippen LogP contribution in [0.1, 0.15) is 37.6 Å². The van der Waals surface area contributed by atoms with Crippen LogP contribution in [0.5, 0.6) is 0 Å². The van der Waals surface area contributed by atoms with Crippen molar-refractivity contribution in [2.45, 2.75) is 38.8 Å². The number of hydrogen-bond donors (Lipinski definition) is 2. The number of anilines is 2. The fourth-order valence-electron chi connectivity index (χ4n) is 5.14. The second kappa shape index (κ2) is 10.9. The van der Waals surface area contributed by atoms with Crippen molar-refractivity contribution in [1.82, 2.24) is 4.90 Å². The first-order valence-corrected chi connectivity index (χ1v) is 12.6. The normalized spacial score (nSPS) is 21.2. The van der Waals surface area contributed by atoms with Gasteiger partial charge in [-0.15, -0.1) is 0 Å². The van der Waals surface area contributed by atoms with E-state index in [0.29, 0.717) is 24.5 Å². The predicted molar refractivity (Wildman–Crippen MR) is 142 cm³/mol. The summed E-state index contributed by atoms with van der Waals surface area (Å²) in [4.78, 5) is 64.0. The quantitative estimate of drug-likeness (QED) is 0.309. The number of benzene rings is 2. The van der Waals surface area contributed by atoms with Gasteiger partial charge in [0, 0.05) is 36.5 Å². The zero-order chi connectivity index (χ0) is 29.2. The molecule has 0 saturated carbocycles. The van der Waals surface area contributed by atoms with Crippen LogP contribution in [-0.2, 0) is 19.1 Å². The number of hydrogen-bond acceptors (Lipinski definition) is 8. The van der Waals surface area contributed by atoms with E-state index >= 15 is 0 Å². The van der Waals surface area contributed by atoms with Gasteiger partial charge in [0.2, 0.25) is 0 Å². The molecular weight excluding hydrogens is 524 g/mol. The molecule has 2 saturated heterocycles. The van der Waals surface area contributed by atoms with Crippen LogP contribution in [0, 0.1) is 15.5 Å². The number of amides is 3. The molecule has 40 heavy (non-hydrogen) atoms. The molecule has 2 heterocycles. The van der Waals surface area contributed by atoms with Crippen LogP contribution in [0.2, 0.25) is 0 Å². The molecule has 2 aromatic carbocycles. The minimum Gasteiger partial charge on any atom is -0.465 e. The highest BCUT2D eigenvalue weighted by Crippen LogP contribution is 2.45. The molecule has 212 valence electrons. The van der Waals surface area contributed by atoms with Gasteiger partial charge in [-0.2, -0.15) is 0 Å². The molecule has 0 aromatic heterocycles. The second-order valence-electron chi connectivity index (χ2n) is 10.6. The van der Waals surface area contributed by atoms with Crippen molar-refractivity contribution in [3.63, 3.8) is 0 Å². The molecule has 0 unspecified atom stereocenters. The molecule has 2 N–H and O–H groups in total. The summed E-state index contributed by atoms with van der Waals surface area (Å²) in [6.45, 7) is 5.78. The summed E-state index contributed by atoms with van der Waals surface area (Å²) in [7, 11) is 0. The first-order chi connectivity index (χ1) is 18.8. The minimum atomic E-state index is -1.60.